The molecule has 0 saturated carbocycles. The highest BCUT2D eigenvalue weighted by Crippen LogP contribution is 2.41. The number of allylic oxidation sites excluding steroid dienone is 1. The van der Waals surface area contributed by atoms with Crippen LogP contribution in [0.5, 0.6) is 23.0 Å². The predicted molar refractivity (Wildman–Crippen MR) is 119 cm³/mol. The van der Waals surface area contributed by atoms with Crippen LogP contribution < -0.4 is 30.0 Å². The van der Waals surface area contributed by atoms with Crippen LogP contribution in [0.15, 0.2) is 36.4 Å². The van der Waals surface area contributed by atoms with Crippen LogP contribution in [0, 0.1) is 0 Å². The van der Waals surface area contributed by atoms with Gasteiger partial charge in [0.25, 0.3) is 0 Å². The molecule has 0 spiro atoms. The van der Waals surface area contributed by atoms with Gasteiger partial charge in [0, 0.05) is 6.42 Å². The van der Waals surface area contributed by atoms with E-state index in [9.17, 15) is 4.79 Å². The predicted octanol–water partition coefficient (Wildman–Crippen LogP) is 3.85. The number of ether oxygens (including phenoxy) is 4. The maximum Gasteiger partial charge on any atom is 0.224 e. The van der Waals surface area contributed by atoms with Gasteiger partial charge in [0.05, 0.1) is 34.1 Å². The minimum Gasteiger partial charge on any atom is -0.495 e. The lowest BCUT2D eigenvalue weighted by Crippen LogP contribution is -2.14. The van der Waals surface area contributed by atoms with Crippen LogP contribution in [0.25, 0.3) is 5.57 Å². The minimum atomic E-state index is -0.106. The molecule has 7 heteroatoms. The molecule has 0 fully saturated rings. The molecule has 0 radical (unpaired) electrons. The molecule has 2 aromatic rings. The molecular weight excluding hydrogens is 384 g/mol. The number of carbonyl (C=O) groups is 1. The molecule has 0 aromatic heterocycles. The number of nitrogens with two attached hydrogens (primary N) is 1. The van der Waals surface area contributed by atoms with Crippen LogP contribution in [0.4, 0.5) is 5.69 Å². The van der Waals surface area contributed by atoms with Crippen molar-refractivity contribution in [3.63, 3.8) is 0 Å². The molecule has 2 rings (SSSR count). The number of hydrogen-bond donors (Lipinski definition) is 2. The van der Waals surface area contributed by atoms with Crippen molar-refractivity contribution in [1.82, 2.24) is 0 Å². The zero-order chi connectivity index (χ0) is 22.1. The number of nitrogens with one attached hydrogen (secondary N) is 1. The Morgan fingerprint density at radius 3 is 2.07 bits per heavy atom. The average Bonchev–Trinajstić information content (AvgIpc) is 2.77. The maximum atomic E-state index is 12.2. The van der Waals surface area contributed by atoms with Gasteiger partial charge in [-0.3, -0.25) is 4.79 Å². The topological polar surface area (TPSA) is 92.0 Å². The van der Waals surface area contributed by atoms with Gasteiger partial charge in [0.2, 0.25) is 11.7 Å². The number of hydrogen-bond acceptors (Lipinski definition) is 6. The molecule has 30 heavy (non-hydrogen) atoms. The van der Waals surface area contributed by atoms with Gasteiger partial charge in [-0.1, -0.05) is 12.1 Å². The van der Waals surface area contributed by atoms with Gasteiger partial charge >= 0.3 is 0 Å². The molecule has 2 aromatic carbocycles. The van der Waals surface area contributed by atoms with Crippen LogP contribution in [0.1, 0.15) is 30.9 Å². The molecule has 0 atom stereocenters. The number of carbonyl (C=O) groups excluding carboxylic acids is 1. The smallest absolute Gasteiger partial charge is 0.224 e. The van der Waals surface area contributed by atoms with Crippen LogP contribution in [0.2, 0.25) is 0 Å². The van der Waals surface area contributed by atoms with E-state index in [0.717, 1.165) is 16.7 Å². The highest BCUT2D eigenvalue weighted by molar-refractivity contribution is 5.93. The number of benzene rings is 2. The molecule has 0 aliphatic rings. The summed E-state index contributed by atoms with van der Waals surface area (Å²) < 4.78 is 21.8. The summed E-state index contributed by atoms with van der Waals surface area (Å²) in [5.74, 6) is 2.14. The molecule has 1 amide bonds. The first kappa shape index (κ1) is 23.1. The molecule has 0 bridgehead atoms. The van der Waals surface area contributed by atoms with Gasteiger partial charge in [-0.15, -0.1) is 0 Å². The van der Waals surface area contributed by atoms with Crippen molar-refractivity contribution in [1.29, 1.82) is 0 Å². The first-order valence-corrected chi connectivity index (χ1v) is 9.67. The van der Waals surface area contributed by atoms with E-state index in [1.165, 1.54) is 0 Å². The molecule has 162 valence electrons. The van der Waals surface area contributed by atoms with Gasteiger partial charge in [-0.05, 0) is 60.9 Å². The first-order valence-electron chi connectivity index (χ1n) is 9.67. The van der Waals surface area contributed by atoms with Crippen LogP contribution in [-0.2, 0) is 4.79 Å². The molecule has 0 heterocycles. The fourth-order valence-corrected chi connectivity index (χ4v) is 3.19. The summed E-state index contributed by atoms with van der Waals surface area (Å²) in [6.45, 7) is 2.41. The molecule has 0 saturated heterocycles. The quantitative estimate of drug-likeness (QED) is 0.614. The summed E-state index contributed by atoms with van der Waals surface area (Å²) in [4.78, 5) is 12.2. The van der Waals surface area contributed by atoms with Crippen LogP contribution >= 0.6 is 0 Å². The summed E-state index contributed by atoms with van der Waals surface area (Å²) in [6.07, 6.45) is 2.97. The Labute approximate surface area is 177 Å². The van der Waals surface area contributed by atoms with E-state index >= 15 is 0 Å². The Balaban J connectivity index is 2.49. The molecular formula is C23H30N2O5. The zero-order valence-electron chi connectivity index (χ0n) is 18.2. The summed E-state index contributed by atoms with van der Waals surface area (Å²) in [6, 6.07) is 9.43. The highest BCUT2D eigenvalue weighted by atomic mass is 16.5. The second-order valence-electron chi connectivity index (χ2n) is 6.47. The monoisotopic (exact) mass is 414 g/mol. The van der Waals surface area contributed by atoms with E-state index in [1.54, 1.807) is 28.4 Å². The molecule has 7 nitrogen and oxygen atoms in total. The Kier molecular flexibility index (Phi) is 8.55. The largest absolute Gasteiger partial charge is 0.495 e. The van der Waals surface area contributed by atoms with Gasteiger partial charge in [0.15, 0.2) is 11.5 Å². The van der Waals surface area contributed by atoms with Gasteiger partial charge in [-0.25, -0.2) is 0 Å². The Morgan fingerprint density at radius 2 is 1.57 bits per heavy atom. The summed E-state index contributed by atoms with van der Waals surface area (Å²) in [7, 11) is 6.30. The Hall–Kier alpha value is -3.19. The van der Waals surface area contributed by atoms with E-state index in [4.69, 9.17) is 24.7 Å². The van der Waals surface area contributed by atoms with Crippen molar-refractivity contribution in [2.24, 2.45) is 5.73 Å². The lowest BCUT2D eigenvalue weighted by Gasteiger charge is -2.17. The third-order valence-electron chi connectivity index (χ3n) is 4.66. The van der Waals surface area contributed by atoms with Crippen molar-refractivity contribution >= 4 is 17.2 Å². The zero-order valence-corrected chi connectivity index (χ0v) is 18.2. The van der Waals surface area contributed by atoms with Gasteiger partial charge in [-0.2, -0.15) is 0 Å². The SMILES string of the molecule is C/C=C(\c1ccc(OC)c(NC(=O)CCCN)c1)c1cc(OC)c(OC)c(OC)c1. The Bertz CT molecular complexity index is 883. The van der Waals surface area contributed by atoms with Crippen molar-refractivity contribution < 1.29 is 23.7 Å². The van der Waals surface area contributed by atoms with Crippen molar-refractivity contribution in [3.8, 4) is 23.0 Å². The highest BCUT2D eigenvalue weighted by Gasteiger charge is 2.17. The van der Waals surface area contributed by atoms with E-state index in [1.807, 2.05) is 43.3 Å². The molecule has 0 unspecified atom stereocenters. The third kappa shape index (κ3) is 5.24. The van der Waals surface area contributed by atoms with Crippen LogP contribution in [0.3, 0.4) is 0 Å². The van der Waals surface area contributed by atoms with Crippen LogP contribution in [-0.4, -0.2) is 40.9 Å². The first-order chi connectivity index (χ1) is 14.5. The number of methoxy groups -OCH3 is 4. The lowest BCUT2D eigenvalue weighted by molar-refractivity contribution is -0.116. The van der Waals surface area contributed by atoms with Gasteiger partial charge in [0.1, 0.15) is 5.75 Å². The fourth-order valence-electron chi connectivity index (χ4n) is 3.19. The fraction of sp³-hybridized carbons (Fsp3) is 0.348. The third-order valence-corrected chi connectivity index (χ3v) is 4.66. The van der Waals surface area contributed by atoms with Gasteiger partial charge < -0.3 is 30.0 Å². The molecule has 0 aliphatic carbocycles. The number of anilines is 1. The standard InChI is InChI=1S/C23H30N2O5/c1-6-17(16-13-20(28-3)23(30-5)21(14-16)29-4)15-9-10-19(27-2)18(12-15)25-22(26)8-7-11-24/h6,9-10,12-14H,7-8,11,24H2,1-5H3,(H,25,26)/b17-6+. The summed E-state index contributed by atoms with van der Waals surface area (Å²) >= 11 is 0. The molecule has 3 N–H and O–H groups in total. The van der Waals surface area contributed by atoms with Crippen molar-refractivity contribution in [2.45, 2.75) is 19.8 Å². The van der Waals surface area contributed by atoms with E-state index in [2.05, 4.69) is 5.32 Å². The van der Waals surface area contributed by atoms with Crippen molar-refractivity contribution in [3.05, 3.63) is 47.5 Å². The summed E-state index contributed by atoms with van der Waals surface area (Å²) in [5, 5.41) is 2.91. The normalized spacial score (nSPS) is 11.1. The van der Waals surface area contributed by atoms with E-state index < -0.39 is 0 Å². The number of amides is 1. The second-order valence-corrected chi connectivity index (χ2v) is 6.47. The summed E-state index contributed by atoms with van der Waals surface area (Å²) in [5.41, 5.74) is 8.83. The minimum absolute atomic E-state index is 0.106. The van der Waals surface area contributed by atoms with E-state index in [0.29, 0.717) is 48.1 Å². The van der Waals surface area contributed by atoms with E-state index in [-0.39, 0.29) is 5.91 Å². The maximum absolute atomic E-state index is 12.2. The second kappa shape index (κ2) is 11.1. The average molecular weight is 415 g/mol. The Morgan fingerprint density at radius 1 is 0.933 bits per heavy atom. The molecule has 0 aliphatic heterocycles. The number of rotatable bonds is 10. The lowest BCUT2D eigenvalue weighted by atomic mass is 9.96. The van der Waals surface area contributed by atoms with Crippen molar-refractivity contribution in [2.75, 3.05) is 40.3 Å².